The van der Waals surface area contributed by atoms with Crippen molar-refractivity contribution in [3.63, 3.8) is 0 Å². The molecule has 84 valence electrons. The largest absolute Gasteiger partial charge is 0.320 e. The third-order valence-corrected chi connectivity index (χ3v) is 4.19. The molecule has 0 spiro atoms. The summed E-state index contributed by atoms with van der Waals surface area (Å²) < 4.78 is 1.13. The van der Waals surface area contributed by atoms with Crippen molar-refractivity contribution in [2.75, 3.05) is 0 Å². The van der Waals surface area contributed by atoms with Crippen molar-refractivity contribution in [3.8, 4) is 0 Å². The molecule has 1 heterocycles. The molecule has 0 aliphatic heterocycles. The fraction of sp³-hybridized carbons (Fsp3) is 0.231. The molecule has 0 amide bonds. The van der Waals surface area contributed by atoms with Gasteiger partial charge < -0.3 is 5.73 Å². The Kier molecular flexibility index (Phi) is 3.79. The van der Waals surface area contributed by atoms with Crippen LogP contribution in [-0.4, -0.2) is 0 Å². The molecule has 2 rings (SSSR count). The van der Waals surface area contributed by atoms with Crippen LogP contribution in [0.15, 0.2) is 39.5 Å². The smallest absolute Gasteiger partial charge is 0.0701 e. The van der Waals surface area contributed by atoms with Crippen molar-refractivity contribution in [3.05, 3.63) is 56.2 Å². The molecular formula is C13H14BrNS. The molecule has 0 saturated heterocycles. The molecule has 2 N–H and O–H groups in total. The first kappa shape index (κ1) is 11.8. The zero-order chi connectivity index (χ0) is 11.5. The maximum absolute atomic E-state index is 6.24. The molecule has 1 atom stereocenters. The van der Waals surface area contributed by atoms with Gasteiger partial charge in [-0.15, -0.1) is 11.3 Å². The summed E-state index contributed by atoms with van der Waals surface area (Å²) in [6.07, 6.45) is 1.05. The molecule has 2 aromatic rings. The van der Waals surface area contributed by atoms with E-state index in [4.69, 9.17) is 5.73 Å². The second-order valence-corrected chi connectivity index (χ2v) is 6.05. The Bertz CT molecular complexity index is 478. The van der Waals surface area contributed by atoms with E-state index in [1.807, 2.05) is 0 Å². The van der Waals surface area contributed by atoms with E-state index in [0.29, 0.717) is 0 Å². The summed E-state index contributed by atoms with van der Waals surface area (Å²) in [5.41, 5.74) is 9.93. The predicted molar refractivity (Wildman–Crippen MR) is 73.9 cm³/mol. The van der Waals surface area contributed by atoms with E-state index in [0.717, 1.165) is 10.2 Å². The minimum Gasteiger partial charge on any atom is -0.320 e. The van der Waals surface area contributed by atoms with Gasteiger partial charge in [0.25, 0.3) is 0 Å². The van der Waals surface area contributed by atoms with Crippen LogP contribution < -0.4 is 5.73 Å². The molecule has 3 heteroatoms. The number of hydrogen-bond donors (Lipinski definition) is 1. The lowest BCUT2D eigenvalue weighted by atomic mass is 9.99. The van der Waals surface area contributed by atoms with Gasteiger partial charge >= 0.3 is 0 Å². The third kappa shape index (κ3) is 2.54. The molecule has 0 aliphatic carbocycles. The molecule has 0 bridgehead atoms. The Labute approximate surface area is 108 Å². The number of aryl methyl sites for hydroxylation is 1. The van der Waals surface area contributed by atoms with E-state index in [-0.39, 0.29) is 6.04 Å². The first-order valence-electron chi connectivity index (χ1n) is 5.29. The molecule has 1 aromatic heterocycles. The first-order valence-corrected chi connectivity index (χ1v) is 6.96. The summed E-state index contributed by atoms with van der Waals surface area (Å²) >= 11 is 5.14. The lowest BCUT2D eigenvalue weighted by Crippen LogP contribution is -2.10. The summed E-state index contributed by atoms with van der Waals surface area (Å²) in [5.74, 6) is 0. The van der Waals surface area contributed by atoms with Gasteiger partial charge in [-0.1, -0.05) is 31.2 Å². The number of hydrogen-bond acceptors (Lipinski definition) is 2. The Morgan fingerprint density at radius 2 is 2.12 bits per heavy atom. The van der Waals surface area contributed by atoms with Crippen molar-refractivity contribution in [2.24, 2.45) is 5.73 Å². The summed E-state index contributed by atoms with van der Waals surface area (Å²) in [5, 5.41) is 2.10. The van der Waals surface area contributed by atoms with E-state index in [9.17, 15) is 0 Å². The monoisotopic (exact) mass is 295 g/mol. The van der Waals surface area contributed by atoms with E-state index in [2.05, 4.69) is 58.6 Å². The van der Waals surface area contributed by atoms with Crippen LogP contribution in [0.2, 0.25) is 0 Å². The zero-order valence-corrected chi connectivity index (χ0v) is 11.5. The van der Waals surface area contributed by atoms with Gasteiger partial charge in [-0.2, -0.15) is 0 Å². The van der Waals surface area contributed by atoms with Gasteiger partial charge in [0.15, 0.2) is 0 Å². The number of rotatable bonds is 3. The van der Waals surface area contributed by atoms with Gasteiger partial charge in [0.05, 0.1) is 9.83 Å². The highest BCUT2D eigenvalue weighted by Gasteiger charge is 2.10. The van der Waals surface area contributed by atoms with Gasteiger partial charge in [-0.3, -0.25) is 0 Å². The highest BCUT2D eigenvalue weighted by Crippen LogP contribution is 2.28. The Morgan fingerprint density at radius 1 is 1.31 bits per heavy atom. The fourth-order valence-corrected chi connectivity index (χ4v) is 2.90. The first-order chi connectivity index (χ1) is 7.70. The van der Waals surface area contributed by atoms with Gasteiger partial charge in [0.2, 0.25) is 0 Å². The van der Waals surface area contributed by atoms with Crippen LogP contribution in [0.1, 0.15) is 29.7 Å². The summed E-state index contributed by atoms with van der Waals surface area (Å²) in [6, 6.07) is 10.6. The molecular weight excluding hydrogens is 282 g/mol. The van der Waals surface area contributed by atoms with E-state index < -0.39 is 0 Å². The van der Waals surface area contributed by atoms with Gasteiger partial charge in [0.1, 0.15) is 0 Å². The Morgan fingerprint density at radius 3 is 2.75 bits per heavy atom. The lowest BCUT2D eigenvalue weighted by molar-refractivity contribution is 0.872. The predicted octanol–water partition coefficient (Wildman–Crippen LogP) is 4.12. The molecule has 0 radical (unpaired) electrons. The maximum atomic E-state index is 6.24. The lowest BCUT2D eigenvalue weighted by Gasteiger charge is -2.11. The van der Waals surface area contributed by atoms with Crippen molar-refractivity contribution in [1.29, 1.82) is 0 Å². The Balaban J connectivity index is 2.29. The molecule has 0 aliphatic rings. The molecule has 16 heavy (non-hydrogen) atoms. The normalized spacial score (nSPS) is 12.7. The van der Waals surface area contributed by atoms with Gasteiger partial charge in [-0.05, 0) is 50.5 Å². The van der Waals surface area contributed by atoms with E-state index >= 15 is 0 Å². The topological polar surface area (TPSA) is 26.0 Å². The zero-order valence-electron chi connectivity index (χ0n) is 9.11. The standard InChI is InChI=1S/C13H14BrNS/c1-2-9-4-3-5-10(6-9)13(15)11-7-12(14)16-8-11/h3-8,13H,2,15H2,1H3. The maximum Gasteiger partial charge on any atom is 0.0701 e. The minimum atomic E-state index is -0.0194. The third-order valence-electron chi connectivity index (χ3n) is 2.67. The Hall–Kier alpha value is -0.640. The number of thiophene rings is 1. The number of nitrogens with two attached hydrogens (primary N) is 1. The van der Waals surface area contributed by atoms with Crippen LogP contribution in [0.4, 0.5) is 0 Å². The second kappa shape index (κ2) is 5.13. The van der Waals surface area contributed by atoms with Crippen molar-refractivity contribution in [2.45, 2.75) is 19.4 Å². The van der Waals surface area contributed by atoms with Gasteiger partial charge in [-0.25, -0.2) is 0 Å². The summed E-state index contributed by atoms with van der Waals surface area (Å²) in [7, 11) is 0. The quantitative estimate of drug-likeness (QED) is 0.906. The second-order valence-electron chi connectivity index (χ2n) is 3.76. The number of halogens is 1. The fourth-order valence-electron chi connectivity index (χ4n) is 1.69. The molecule has 1 nitrogen and oxygen atoms in total. The minimum absolute atomic E-state index is 0.0194. The van der Waals surface area contributed by atoms with Crippen LogP contribution in [0.3, 0.4) is 0 Å². The van der Waals surface area contributed by atoms with Crippen LogP contribution in [0, 0.1) is 0 Å². The molecule has 1 unspecified atom stereocenters. The molecule has 0 fully saturated rings. The van der Waals surface area contributed by atoms with Crippen molar-refractivity contribution in [1.82, 2.24) is 0 Å². The van der Waals surface area contributed by atoms with Crippen LogP contribution in [-0.2, 0) is 6.42 Å². The average molecular weight is 296 g/mol. The SMILES string of the molecule is CCc1cccc(C(N)c2csc(Br)c2)c1. The average Bonchev–Trinajstić information content (AvgIpc) is 2.75. The molecule has 1 aromatic carbocycles. The van der Waals surface area contributed by atoms with Crippen LogP contribution in [0.25, 0.3) is 0 Å². The van der Waals surface area contributed by atoms with Crippen LogP contribution >= 0.6 is 27.3 Å². The van der Waals surface area contributed by atoms with Crippen molar-refractivity contribution < 1.29 is 0 Å². The van der Waals surface area contributed by atoms with Gasteiger partial charge in [0, 0.05) is 0 Å². The molecule has 0 saturated carbocycles. The highest BCUT2D eigenvalue weighted by molar-refractivity contribution is 9.11. The highest BCUT2D eigenvalue weighted by atomic mass is 79.9. The summed E-state index contributed by atoms with van der Waals surface area (Å²) in [4.78, 5) is 0. The van der Waals surface area contributed by atoms with Crippen molar-refractivity contribution >= 4 is 27.3 Å². The van der Waals surface area contributed by atoms with E-state index in [1.165, 1.54) is 16.7 Å². The number of benzene rings is 1. The van der Waals surface area contributed by atoms with Crippen LogP contribution in [0.5, 0.6) is 0 Å². The van der Waals surface area contributed by atoms with E-state index in [1.54, 1.807) is 11.3 Å². The summed E-state index contributed by atoms with van der Waals surface area (Å²) in [6.45, 7) is 2.16.